The third kappa shape index (κ3) is 3.62. The number of phenolic OH excluding ortho intramolecular Hbond substituents is 1. The van der Waals surface area contributed by atoms with Crippen LogP contribution in [0.3, 0.4) is 0 Å². The third-order valence-electron chi connectivity index (χ3n) is 2.99. The molecule has 0 fully saturated rings. The average molecular weight is 316 g/mol. The third-order valence-corrected chi connectivity index (χ3v) is 2.99. The van der Waals surface area contributed by atoms with Crippen molar-refractivity contribution in [2.75, 3.05) is 12.4 Å². The van der Waals surface area contributed by atoms with Gasteiger partial charge in [-0.05, 0) is 24.3 Å². The minimum Gasteiger partial charge on any atom is -0.506 e. The number of aromatic hydroxyl groups is 1. The Morgan fingerprint density at radius 3 is 2.52 bits per heavy atom. The summed E-state index contributed by atoms with van der Waals surface area (Å²) in [5, 5.41) is 22.8. The van der Waals surface area contributed by atoms with Gasteiger partial charge in [-0.1, -0.05) is 6.07 Å². The van der Waals surface area contributed by atoms with Crippen molar-refractivity contribution in [2.45, 2.75) is 0 Å². The van der Waals surface area contributed by atoms with Crippen LogP contribution in [0.5, 0.6) is 5.75 Å². The van der Waals surface area contributed by atoms with Crippen LogP contribution in [0.15, 0.2) is 42.5 Å². The number of non-ortho nitro benzene ring substituents is 1. The quantitative estimate of drug-likeness (QED) is 0.387. The number of carbonyl (C=O) groups excluding carboxylic acids is 2. The molecular weight excluding hydrogens is 304 g/mol. The first-order valence-electron chi connectivity index (χ1n) is 6.39. The molecule has 0 unspecified atom stereocenters. The lowest BCUT2D eigenvalue weighted by molar-refractivity contribution is -0.384. The molecule has 8 nitrogen and oxygen atoms in total. The zero-order chi connectivity index (χ0) is 17.0. The van der Waals surface area contributed by atoms with Gasteiger partial charge in [-0.2, -0.15) is 0 Å². The van der Waals surface area contributed by atoms with Gasteiger partial charge in [0.2, 0.25) is 0 Å². The number of benzene rings is 2. The van der Waals surface area contributed by atoms with Gasteiger partial charge in [0, 0.05) is 17.7 Å². The molecule has 2 N–H and O–H groups in total. The van der Waals surface area contributed by atoms with Crippen LogP contribution in [-0.2, 0) is 4.74 Å². The number of anilines is 1. The molecular formula is C15H12N2O6. The summed E-state index contributed by atoms with van der Waals surface area (Å²) in [6.45, 7) is 0. The van der Waals surface area contributed by atoms with Crippen molar-refractivity contribution < 1.29 is 24.4 Å². The van der Waals surface area contributed by atoms with Crippen LogP contribution in [0.4, 0.5) is 11.4 Å². The molecule has 0 spiro atoms. The van der Waals surface area contributed by atoms with Gasteiger partial charge in [0.25, 0.3) is 11.6 Å². The van der Waals surface area contributed by atoms with E-state index in [1.165, 1.54) is 31.4 Å². The van der Waals surface area contributed by atoms with E-state index in [1.807, 2.05) is 0 Å². The minimum atomic E-state index is -0.646. The maximum atomic E-state index is 12.2. The highest BCUT2D eigenvalue weighted by molar-refractivity contribution is 6.06. The second kappa shape index (κ2) is 6.56. The van der Waals surface area contributed by atoms with Crippen molar-refractivity contribution in [3.05, 3.63) is 63.7 Å². The molecule has 0 radical (unpaired) electrons. The summed E-state index contributed by atoms with van der Waals surface area (Å²) >= 11 is 0. The molecule has 2 rings (SSSR count). The monoisotopic (exact) mass is 316 g/mol. The molecule has 1 amide bonds. The number of esters is 1. The van der Waals surface area contributed by atoms with E-state index in [-0.39, 0.29) is 28.3 Å². The van der Waals surface area contributed by atoms with Crippen molar-refractivity contribution in [3.8, 4) is 5.75 Å². The summed E-state index contributed by atoms with van der Waals surface area (Å²) in [6, 6.07) is 9.01. The van der Waals surface area contributed by atoms with Crippen molar-refractivity contribution in [1.29, 1.82) is 0 Å². The van der Waals surface area contributed by atoms with Gasteiger partial charge in [0.1, 0.15) is 5.75 Å². The first kappa shape index (κ1) is 16.0. The number of rotatable bonds is 4. The molecule has 0 heterocycles. The first-order chi connectivity index (χ1) is 10.9. The molecule has 0 aliphatic carbocycles. The molecule has 0 atom stereocenters. The summed E-state index contributed by atoms with van der Waals surface area (Å²) in [5.74, 6) is -1.54. The lowest BCUT2D eigenvalue weighted by Gasteiger charge is -2.08. The molecule has 0 aliphatic heterocycles. The van der Waals surface area contributed by atoms with Crippen LogP contribution in [0, 0.1) is 10.1 Å². The summed E-state index contributed by atoms with van der Waals surface area (Å²) < 4.78 is 4.56. The van der Waals surface area contributed by atoms with E-state index >= 15 is 0 Å². The Balaban J connectivity index is 2.27. The summed E-state index contributed by atoms with van der Waals surface area (Å²) in [7, 11) is 1.22. The van der Waals surface area contributed by atoms with E-state index in [2.05, 4.69) is 10.1 Å². The normalized spacial score (nSPS) is 9.96. The van der Waals surface area contributed by atoms with E-state index in [0.29, 0.717) is 0 Å². The number of methoxy groups -OCH3 is 1. The second-order valence-electron chi connectivity index (χ2n) is 4.49. The highest BCUT2D eigenvalue weighted by atomic mass is 16.6. The fourth-order valence-electron chi connectivity index (χ4n) is 1.84. The van der Waals surface area contributed by atoms with Crippen molar-refractivity contribution in [1.82, 2.24) is 0 Å². The zero-order valence-corrected chi connectivity index (χ0v) is 12.0. The number of amides is 1. The average Bonchev–Trinajstić information content (AvgIpc) is 2.55. The number of carbonyl (C=O) groups is 2. The molecule has 2 aromatic rings. The van der Waals surface area contributed by atoms with Crippen LogP contribution >= 0.6 is 0 Å². The molecule has 23 heavy (non-hydrogen) atoms. The Bertz CT molecular complexity index is 787. The molecule has 0 aliphatic rings. The highest BCUT2D eigenvalue weighted by Crippen LogP contribution is 2.28. The van der Waals surface area contributed by atoms with E-state index in [4.69, 9.17) is 0 Å². The Kier molecular flexibility index (Phi) is 4.55. The van der Waals surface area contributed by atoms with Gasteiger partial charge in [-0.15, -0.1) is 0 Å². The Hall–Kier alpha value is -3.42. The van der Waals surface area contributed by atoms with Crippen molar-refractivity contribution >= 4 is 23.3 Å². The number of nitro groups is 1. The number of hydrogen-bond acceptors (Lipinski definition) is 6. The molecule has 0 aromatic heterocycles. The Morgan fingerprint density at radius 1 is 1.17 bits per heavy atom. The Labute approximate surface area is 130 Å². The van der Waals surface area contributed by atoms with Gasteiger partial charge in [0.15, 0.2) is 0 Å². The van der Waals surface area contributed by atoms with Crippen molar-refractivity contribution in [2.24, 2.45) is 0 Å². The molecule has 0 saturated heterocycles. The van der Waals surface area contributed by atoms with Crippen molar-refractivity contribution in [3.63, 3.8) is 0 Å². The number of nitrogens with zero attached hydrogens (tertiary/aromatic N) is 1. The largest absolute Gasteiger partial charge is 0.506 e. The molecule has 0 saturated carbocycles. The Morgan fingerprint density at radius 2 is 1.87 bits per heavy atom. The van der Waals surface area contributed by atoms with Crippen LogP contribution in [0.2, 0.25) is 0 Å². The lowest BCUT2D eigenvalue weighted by atomic mass is 10.1. The number of nitro benzene ring substituents is 1. The van der Waals surface area contributed by atoms with Gasteiger partial charge < -0.3 is 15.2 Å². The highest BCUT2D eigenvalue weighted by Gasteiger charge is 2.15. The van der Waals surface area contributed by atoms with Gasteiger partial charge >= 0.3 is 5.97 Å². The van der Waals surface area contributed by atoms with E-state index in [9.17, 15) is 24.8 Å². The predicted molar refractivity (Wildman–Crippen MR) is 80.5 cm³/mol. The summed E-state index contributed by atoms with van der Waals surface area (Å²) in [5.41, 5.74) is -0.0590. The fourth-order valence-corrected chi connectivity index (χ4v) is 1.84. The van der Waals surface area contributed by atoms with Crippen LogP contribution < -0.4 is 5.32 Å². The number of ether oxygens (including phenoxy) is 1. The van der Waals surface area contributed by atoms with E-state index in [0.717, 1.165) is 18.2 Å². The number of phenols is 1. The standard InChI is InChI=1S/C15H12N2O6/c1-23-15(20)10-4-2-3-9(7-10)14(19)16-12-8-11(17(21)22)5-6-13(12)18/h2-8,18H,1H3,(H,16,19). The zero-order valence-electron chi connectivity index (χ0n) is 12.0. The SMILES string of the molecule is COC(=O)c1cccc(C(=O)Nc2cc([N+](=O)[O-])ccc2O)c1. The maximum absolute atomic E-state index is 12.2. The first-order valence-corrected chi connectivity index (χ1v) is 6.39. The van der Waals surface area contributed by atoms with E-state index in [1.54, 1.807) is 0 Å². The predicted octanol–water partition coefficient (Wildman–Crippen LogP) is 2.34. The van der Waals surface area contributed by atoms with Crippen LogP contribution in [0.1, 0.15) is 20.7 Å². The van der Waals surface area contributed by atoms with Crippen LogP contribution in [0.25, 0.3) is 0 Å². The second-order valence-corrected chi connectivity index (χ2v) is 4.49. The molecule has 2 aromatic carbocycles. The van der Waals surface area contributed by atoms with Gasteiger partial charge in [0.05, 0.1) is 23.3 Å². The summed E-state index contributed by atoms with van der Waals surface area (Å²) in [4.78, 5) is 33.7. The lowest BCUT2D eigenvalue weighted by Crippen LogP contribution is -2.13. The van der Waals surface area contributed by atoms with Gasteiger partial charge in [-0.25, -0.2) is 4.79 Å². The van der Waals surface area contributed by atoms with Gasteiger partial charge in [-0.3, -0.25) is 14.9 Å². The fraction of sp³-hybridized carbons (Fsp3) is 0.0667. The molecule has 0 bridgehead atoms. The van der Waals surface area contributed by atoms with Crippen LogP contribution in [-0.4, -0.2) is 29.0 Å². The maximum Gasteiger partial charge on any atom is 0.337 e. The number of hydrogen-bond donors (Lipinski definition) is 2. The molecule has 118 valence electrons. The smallest absolute Gasteiger partial charge is 0.337 e. The van der Waals surface area contributed by atoms with E-state index < -0.39 is 16.8 Å². The molecule has 8 heteroatoms. The number of nitrogens with one attached hydrogen (secondary N) is 1. The summed E-state index contributed by atoms with van der Waals surface area (Å²) in [6.07, 6.45) is 0. The topological polar surface area (TPSA) is 119 Å². The minimum absolute atomic E-state index is 0.104.